The third kappa shape index (κ3) is 18.7. The van der Waals surface area contributed by atoms with E-state index in [4.69, 9.17) is 9.47 Å². The average Bonchev–Trinajstić information content (AvgIpc) is 2.99. The van der Waals surface area contributed by atoms with E-state index < -0.39 is 35.0 Å². The van der Waals surface area contributed by atoms with Crippen LogP contribution in [0.25, 0.3) is 0 Å². The molecule has 1 aromatic carbocycles. The number of carboxylic acid groups (broad SMARTS) is 2. The molecule has 0 aliphatic rings. The highest BCUT2D eigenvalue weighted by Crippen LogP contribution is 2.30. The maximum atomic E-state index is 12.4. The molecule has 0 aromatic heterocycles. The van der Waals surface area contributed by atoms with Crippen LogP contribution in [0, 0.1) is 0 Å². The number of hydrogen-bond acceptors (Lipinski definition) is 6. The Kier molecular flexibility index (Phi) is 22.6. The van der Waals surface area contributed by atoms with E-state index >= 15 is 0 Å². The first-order chi connectivity index (χ1) is 21.3. The van der Waals surface area contributed by atoms with Crippen molar-refractivity contribution < 1.29 is 38.9 Å². The van der Waals surface area contributed by atoms with Crippen molar-refractivity contribution in [2.24, 2.45) is 0 Å². The molecule has 0 amide bonds. The van der Waals surface area contributed by atoms with Crippen LogP contribution >= 0.6 is 0 Å². The molecular weight excluding hydrogens is 560 g/mol. The highest BCUT2D eigenvalue weighted by atomic mass is 16.5. The zero-order valence-corrected chi connectivity index (χ0v) is 27.5. The van der Waals surface area contributed by atoms with Gasteiger partial charge in [-0.2, -0.15) is 0 Å². The predicted octanol–water partition coefficient (Wildman–Crippen LogP) is 10.3. The van der Waals surface area contributed by atoms with Gasteiger partial charge in [0.05, 0.1) is 0 Å². The first-order valence-electron chi connectivity index (χ1n) is 17.4. The molecule has 0 aliphatic carbocycles. The van der Waals surface area contributed by atoms with Crippen LogP contribution in [0.3, 0.4) is 0 Å². The lowest BCUT2D eigenvalue weighted by Crippen LogP contribution is -2.15. The molecule has 0 saturated carbocycles. The lowest BCUT2D eigenvalue weighted by Gasteiger charge is -2.13. The zero-order valence-electron chi connectivity index (χ0n) is 27.5. The van der Waals surface area contributed by atoms with Crippen LogP contribution in [0.4, 0.5) is 0 Å². The molecule has 250 valence electrons. The van der Waals surface area contributed by atoms with Crippen LogP contribution in [0.5, 0.6) is 11.5 Å². The number of unbranched alkanes of at least 4 members (excludes halogenated alkanes) is 20. The quantitative estimate of drug-likeness (QED) is 0.0539. The minimum Gasteiger partial charge on any atom is -0.478 e. The summed E-state index contributed by atoms with van der Waals surface area (Å²) in [6.45, 7) is 4.42. The standard InChI is InChI=1S/C36H58O8/c1-3-5-7-9-11-13-15-17-19-21-23-25-33(37)43-31-27-30(36(41)42)32(28-29(31)35(39)40)44-34(38)26-24-22-20-18-16-14-12-10-8-6-4-2/h27-28H,3-26H2,1-2H3,(H,39,40)(H,41,42). The summed E-state index contributed by atoms with van der Waals surface area (Å²) in [7, 11) is 0. The summed E-state index contributed by atoms with van der Waals surface area (Å²) in [6.07, 6.45) is 25.1. The van der Waals surface area contributed by atoms with E-state index in [0.717, 1.165) is 50.7 Å². The van der Waals surface area contributed by atoms with E-state index in [0.29, 0.717) is 12.8 Å². The van der Waals surface area contributed by atoms with Gasteiger partial charge in [0, 0.05) is 25.0 Å². The van der Waals surface area contributed by atoms with E-state index in [1.54, 1.807) is 0 Å². The molecule has 44 heavy (non-hydrogen) atoms. The highest BCUT2D eigenvalue weighted by Gasteiger charge is 2.24. The SMILES string of the molecule is CCCCCCCCCCCCCC(=O)Oc1cc(C(=O)O)c(OC(=O)CCCCCCCCCCCCC)cc1C(=O)O. The molecule has 0 heterocycles. The fourth-order valence-electron chi connectivity index (χ4n) is 5.28. The van der Waals surface area contributed by atoms with Crippen molar-refractivity contribution in [2.75, 3.05) is 0 Å². The summed E-state index contributed by atoms with van der Waals surface area (Å²) in [5, 5.41) is 19.4. The third-order valence-electron chi connectivity index (χ3n) is 7.96. The van der Waals surface area contributed by atoms with Gasteiger partial charge in [-0.05, 0) is 12.8 Å². The maximum absolute atomic E-state index is 12.4. The topological polar surface area (TPSA) is 127 Å². The van der Waals surface area contributed by atoms with Crippen LogP contribution in [-0.4, -0.2) is 34.1 Å². The van der Waals surface area contributed by atoms with Crippen LogP contribution in [0.1, 0.15) is 189 Å². The van der Waals surface area contributed by atoms with E-state index in [-0.39, 0.29) is 24.3 Å². The number of benzene rings is 1. The normalized spacial score (nSPS) is 11.0. The summed E-state index contributed by atoms with van der Waals surface area (Å²) in [6, 6.07) is 1.91. The molecule has 8 nitrogen and oxygen atoms in total. The Hall–Kier alpha value is -2.90. The second-order valence-electron chi connectivity index (χ2n) is 12.0. The lowest BCUT2D eigenvalue weighted by molar-refractivity contribution is -0.135. The largest absolute Gasteiger partial charge is 0.478 e. The van der Waals surface area contributed by atoms with Crippen molar-refractivity contribution in [1.29, 1.82) is 0 Å². The van der Waals surface area contributed by atoms with Gasteiger partial charge in [0.2, 0.25) is 0 Å². The molecule has 8 heteroatoms. The van der Waals surface area contributed by atoms with E-state index in [9.17, 15) is 29.4 Å². The summed E-state index contributed by atoms with van der Waals surface area (Å²) in [5.41, 5.74) is -0.862. The number of aromatic carboxylic acids is 2. The highest BCUT2D eigenvalue weighted by molar-refractivity contribution is 5.98. The first-order valence-corrected chi connectivity index (χ1v) is 17.4. The molecule has 0 atom stereocenters. The van der Waals surface area contributed by atoms with E-state index in [1.807, 2.05) is 0 Å². The second-order valence-corrected chi connectivity index (χ2v) is 12.0. The Bertz CT molecular complexity index is 893. The number of carbonyl (C=O) groups is 4. The molecule has 0 bridgehead atoms. The number of rotatable bonds is 28. The number of ether oxygens (including phenoxy) is 2. The van der Waals surface area contributed by atoms with E-state index in [2.05, 4.69) is 13.8 Å². The maximum Gasteiger partial charge on any atom is 0.339 e. The summed E-state index contributed by atoms with van der Waals surface area (Å²) < 4.78 is 10.5. The van der Waals surface area contributed by atoms with Gasteiger partial charge in [-0.1, -0.05) is 142 Å². The Morgan fingerprint density at radius 3 is 0.955 bits per heavy atom. The summed E-state index contributed by atoms with van der Waals surface area (Å²) in [4.78, 5) is 48.6. The summed E-state index contributed by atoms with van der Waals surface area (Å²) in [5.74, 6) is -4.81. The van der Waals surface area contributed by atoms with Gasteiger partial charge in [0.25, 0.3) is 0 Å². The van der Waals surface area contributed by atoms with Crippen LogP contribution in [0.2, 0.25) is 0 Å². The number of carbonyl (C=O) groups excluding carboxylic acids is 2. The summed E-state index contributed by atoms with van der Waals surface area (Å²) >= 11 is 0. The van der Waals surface area contributed by atoms with Gasteiger partial charge in [0.1, 0.15) is 22.6 Å². The van der Waals surface area contributed by atoms with Crippen molar-refractivity contribution in [3.05, 3.63) is 23.3 Å². The van der Waals surface area contributed by atoms with Gasteiger partial charge in [-0.3, -0.25) is 9.59 Å². The Morgan fingerprint density at radius 2 is 0.705 bits per heavy atom. The second kappa shape index (κ2) is 25.4. The average molecular weight is 619 g/mol. The fourth-order valence-corrected chi connectivity index (χ4v) is 5.28. The first kappa shape index (κ1) is 39.1. The Morgan fingerprint density at radius 1 is 0.455 bits per heavy atom. The minimum atomic E-state index is -1.41. The number of esters is 2. The molecule has 0 spiro atoms. The van der Waals surface area contributed by atoms with Crippen molar-refractivity contribution in [1.82, 2.24) is 0 Å². The van der Waals surface area contributed by atoms with Crippen molar-refractivity contribution >= 4 is 23.9 Å². The molecule has 1 aromatic rings. The molecular formula is C36H58O8. The fraction of sp³-hybridized carbons (Fsp3) is 0.722. The van der Waals surface area contributed by atoms with Gasteiger partial charge in [-0.15, -0.1) is 0 Å². The molecule has 0 unspecified atom stereocenters. The van der Waals surface area contributed by atoms with Crippen molar-refractivity contribution in [3.8, 4) is 11.5 Å². The van der Waals surface area contributed by atoms with Crippen LogP contribution in [-0.2, 0) is 9.59 Å². The Balaban J connectivity index is 2.48. The van der Waals surface area contributed by atoms with Gasteiger partial charge in [0.15, 0.2) is 0 Å². The smallest absolute Gasteiger partial charge is 0.339 e. The predicted molar refractivity (Wildman–Crippen MR) is 174 cm³/mol. The zero-order chi connectivity index (χ0) is 32.4. The van der Waals surface area contributed by atoms with Gasteiger partial charge >= 0.3 is 23.9 Å². The van der Waals surface area contributed by atoms with Gasteiger partial charge in [-0.25, -0.2) is 9.59 Å². The van der Waals surface area contributed by atoms with Crippen LogP contribution < -0.4 is 9.47 Å². The van der Waals surface area contributed by atoms with Crippen LogP contribution in [0.15, 0.2) is 12.1 Å². The monoisotopic (exact) mass is 618 g/mol. The number of hydrogen-bond donors (Lipinski definition) is 2. The third-order valence-corrected chi connectivity index (χ3v) is 7.96. The molecule has 0 radical (unpaired) electrons. The molecule has 1 rings (SSSR count). The van der Waals surface area contributed by atoms with E-state index in [1.165, 1.54) is 89.9 Å². The van der Waals surface area contributed by atoms with Gasteiger partial charge < -0.3 is 19.7 Å². The molecule has 0 fully saturated rings. The minimum absolute atomic E-state index is 0.105. The molecule has 0 aliphatic heterocycles. The molecule has 2 N–H and O–H groups in total. The lowest BCUT2D eigenvalue weighted by atomic mass is 10.1. The number of carboxylic acids is 2. The Labute approximate surface area is 265 Å². The molecule has 0 saturated heterocycles. The van der Waals surface area contributed by atoms with Crippen molar-refractivity contribution in [2.45, 2.75) is 168 Å². The van der Waals surface area contributed by atoms with Crippen molar-refractivity contribution in [3.63, 3.8) is 0 Å².